The topological polar surface area (TPSA) is 75.4 Å². The van der Waals surface area contributed by atoms with E-state index >= 15 is 0 Å². The summed E-state index contributed by atoms with van der Waals surface area (Å²) in [6, 6.07) is 1.03. The maximum absolute atomic E-state index is 13.9. The normalized spacial score (nSPS) is 12.1. The molecule has 0 bridgehead atoms. The minimum atomic E-state index is -3.98. The van der Waals surface area contributed by atoms with Crippen LogP contribution in [0.2, 0.25) is 5.02 Å². The van der Waals surface area contributed by atoms with Crippen molar-refractivity contribution in [1.82, 2.24) is 9.62 Å². The number of hydrogen-bond acceptors (Lipinski definition) is 4. The fourth-order valence-electron chi connectivity index (χ4n) is 1.47. The molecule has 0 aliphatic carbocycles. The molecule has 0 radical (unpaired) electrons. The highest BCUT2D eigenvalue weighted by molar-refractivity contribution is 9.10. The number of nitrogen functional groups attached to an aromatic ring is 1. The van der Waals surface area contributed by atoms with Crippen LogP contribution in [0.15, 0.2) is 15.4 Å². The largest absolute Gasteiger partial charge is 0.395 e. The van der Waals surface area contributed by atoms with Gasteiger partial charge in [0.25, 0.3) is 0 Å². The predicted octanol–water partition coefficient (Wildman–Crippen LogP) is 2.05. The van der Waals surface area contributed by atoms with E-state index in [1.165, 1.54) is 0 Å². The van der Waals surface area contributed by atoms with Crippen LogP contribution in [0.4, 0.5) is 10.1 Å². The van der Waals surface area contributed by atoms with Crippen LogP contribution in [0.25, 0.3) is 0 Å². The van der Waals surface area contributed by atoms with Gasteiger partial charge in [0.15, 0.2) is 5.82 Å². The highest BCUT2D eigenvalue weighted by atomic mass is 79.9. The van der Waals surface area contributed by atoms with Crippen molar-refractivity contribution in [1.29, 1.82) is 0 Å². The Morgan fingerprint density at radius 3 is 2.65 bits per heavy atom. The molecule has 0 aliphatic rings. The lowest BCUT2D eigenvalue weighted by Gasteiger charge is -2.12. The smallest absolute Gasteiger partial charge is 0.243 e. The Bertz CT molecular complexity index is 596. The van der Waals surface area contributed by atoms with Gasteiger partial charge in [0.2, 0.25) is 10.0 Å². The van der Waals surface area contributed by atoms with Gasteiger partial charge in [-0.1, -0.05) is 11.6 Å². The van der Waals surface area contributed by atoms with Gasteiger partial charge in [0, 0.05) is 6.54 Å². The van der Waals surface area contributed by atoms with Crippen LogP contribution < -0.4 is 10.5 Å². The molecule has 0 saturated heterocycles. The van der Waals surface area contributed by atoms with E-state index < -0.39 is 20.7 Å². The first-order chi connectivity index (χ1) is 9.16. The molecule has 1 aromatic carbocycles. The summed E-state index contributed by atoms with van der Waals surface area (Å²) in [4.78, 5) is 1.37. The Kier molecular flexibility index (Phi) is 6.21. The fourth-order valence-corrected chi connectivity index (χ4v) is 3.23. The average molecular weight is 389 g/mol. The summed E-state index contributed by atoms with van der Waals surface area (Å²) in [5.74, 6) is -1.01. The number of nitrogens with zero attached hydrogens (tertiary/aromatic N) is 1. The van der Waals surface area contributed by atoms with Crippen LogP contribution in [0.5, 0.6) is 0 Å². The summed E-state index contributed by atoms with van der Waals surface area (Å²) >= 11 is 8.80. The molecule has 0 fully saturated rings. The Hall–Kier alpha value is -0.410. The molecular formula is C11H16BrClFN3O2S. The molecule has 114 valence electrons. The molecule has 0 amide bonds. The van der Waals surface area contributed by atoms with Gasteiger partial charge in [0.05, 0.1) is 15.2 Å². The van der Waals surface area contributed by atoms with Gasteiger partial charge >= 0.3 is 0 Å². The van der Waals surface area contributed by atoms with E-state index in [9.17, 15) is 12.8 Å². The molecule has 0 aliphatic heterocycles. The highest BCUT2D eigenvalue weighted by Gasteiger charge is 2.23. The zero-order valence-electron chi connectivity index (χ0n) is 11.1. The number of sulfonamides is 1. The monoisotopic (exact) mass is 387 g/mol. The van der Waals surface area contributed by atoms with Gasteiger partial charge in [-0.3, -0.25) is 0 Å². The maximum Gasteiger partial charge on any atom is 0.243 e. The number of rotatable bonds is 6. The number of benzene rings is 1. The quantitative estimate of drug-likeness (QED) is 0.444. The third-order valence-electron chi connectivity index (χ3n) is 2.52. The van der Waals surface area contributed by atoms with Crippen molar-refractivity contribution in [3.05, 3.63) is 21.4 Å². The molecule has 9 heteroatoms. The molecular weight excluding hydrogens is 373 g/mol. The summed E-state index contributed by atoms with van der Waals surface area (Å²) < 4.78 is 40.4. The second-order valence-electron chi connectivity index (χ2n) is 4.45. The zero-order chi connectivity index (χ0) is 15.5. The van der Waals surface area contributed by atoms with Crippen molar-refractivity contribution < 1.29 is 12.8 Å². The molecule has 1 aromatic rings. The zero-order valence-corrected chi connectivity index (χ0v) is 14.2. The predicted molar refractivity (Wildman–Crippen MR) is 81.9 cm³/mol. The summed E-state index contributed by atoms with van der Waals surface area (Å²) in [5.41, 5.74) is 5.14. The molecule has 20 heavy (non-hydrogen) atoms. The minimum Gasteiger partial charge on any atom is -0.395 e. The summed E-state index contributed by atoms with van der Waals surface area (Å²) in [6.07, 6.45) is 0.605. The van der Waals surface area contributed by atoms with Crippen molar-refractivity contribution in [2.24, 2.45) is 0 Å². The number of nitrogens with one attached hydrogen (secondary N) is 1. The van der Waals surface area contributed by atoms with Crippen molar-refractivity contribution in [2.75, 3.05) is 32.9 Å². The van der Waals surface area contributed by atoms with Gasteiger partial charge in [-0.15, -0.1) is 0 Å². The fraction of sp³-hybridized carbons (Fsp3) is 0.455. The van der Waals surface area contributed by atoms with E-state index in [2.05, 4.69) is 20.7 Å². The van der Waals surface area contributed by atoms with E-state index in [1.807, 2.05) is 19.0 Å². The molecule has 0 unspecified atom stereocenters. The molecule has 5 nitrogen and oxygen atoms in total. The van der Waals surface area contributed by atoms with Gasteiger partial charge in [-0.2, -0.15) is 0 Å². The molecule has 3 N–H and O–H groups in total. The van der Waals surface area contributed by atoms with Crippen LogP contribution in [-0.2, 0) is 10.0 Å². The first-order valence-corrected chi connectivity index (χ1v) is 8.39. The Labute approximate surface area is 131 Å². The van der Waals surface area contributed by atoms with Crippen molar-refractivity contribution in [2.45, 2.75) is 11.3 Å². The summed E-state index contributed by atoms with van der Waals surface area (Å²) in [7, 11) is -0.223. The van der Waals surface area contributed by atoms with E-state index in [1.54, 1.807) is 0 Å². The summed E-state index contributed by atoms with van der Waals surface area (Å²) in [5, 5.41) is 0.0394. The molecule has 0 heterocycles. The minimum absolute atomic E-state index is 0.0394. The lowest BCUT2D eigenvalue weighted by molar-refractivity contribution is 0.400. The van der Waals surface area contributed by atoms with Crippen molar-refractivity contribution in [3.63, 3.8) is 0 Å². The van der Waals surface area contributed by atoms with E-state index in [-0.39, 0.29) is 21.7 Å². The molecule has 0 saturated carbocycles. The van der Waals surface area contributed by atoms with Crippen LogP contribution in [0, 0.1) is 5.82 Å². The number of anilines is 1. The Balaban J connectivity index is 2.94. The maximum atomic E-state index is 13.9. The van der Waals surface area contributed by atoms with Crippen LogP contribution in [0.1, 0.15) is 6.42 Å². The Morgan fingerprint density at radius 2 is 2.10 bits per heavy atom. The number of hydrogen-bond donors (Lipinski definition) is 2. The number of halogens is 3. The number of nitrogens with two attached hydrogens (primary N) is 1. The standard InChI is InChI=1S/C11H16BrClFN3O2S/c1-17(2)5-3-4-16-20(18,19)8-6-7(13)9(12)11(15)10(8)14/h6,16H,3-5,15H2,1-2H3. The second-order valence-corrected chi connectivity index (χ2v) is 7.39. The SMILES string of the molecule is CN(C)CCCNS(=O)(=O)c1cc(Cl)c(Br)c(N)c1F. The lowest BCUT2D eigenvalue weighted by atomic mass is 10.3. The first-order valence-electron chi connectivity index (χ1n) is 5.74. The highest BCUT2D eigenvalue weighted by Crippen LogP contribution is 2.34. The van der Waals surface area contributed by atoms with Gasteiger partial charge in [0.1, 0.15) is 4.90 Å². The lowest BCUT2D eigenvalue weighted by Crippen LogP contribution is -2.28. The molecule has 0 atom stereocenters. The van der Waals surface area contributed by atoms with Crippen LogP contribution in [-0.4, -0.2) is 40.5 Å². The molecule has 0 spiro atoms. The van der Waals surface area contributed by atoms with E-state index in [0.717, 1.165) is 6.07 Å². The van der Waals surface area contributed by atoms with E-state index in [0.29, 0.717) is 13.0 Å². The van der Waals surface area contributed by atoms with Crippen LogP contribution >= 0.6 is 27.5 Å². The third kappa shape index (κ3) is 4.29. The van der Waals surface area contributed by atoms with Crippen LogP contribution in [0.3, 0.4) is 0 Å². The van der Waals surface area contributed by atoms with Gasteiger partial charge in [-0.05, 0) is 49.1 Å². The second kappa shape index (κ2) is 7.04. The van der Waals surface area contributed by atoms with Gasteiger partial charge in [-0.25, -0.2) is 17.5 Å². The molecule has 0 aromatic heterocycles. The van der Waals surface area contributed by atoms with Crippen molar-refractivity contribution >= 4 is 43.2 Å². The van der Waals surface area contributed by atoms with E-state index in [4.69, 9.17) is 17.3 Å². The van der Waals surface area contributed by atoms with Crippen molar-refractivity contribution in [3.8, 4) is 0 Å². The molecule has 1 rings (SSSR count). The third-order valence-corrected chi connectivity index (χ3v) is 5.36. The summed E-state index contributed by atoms with van der Waals surface area (Å²) in [6.45, 7) is 0.918. The Morgan fingerprint density at radius 1 is 1.50 bits per heavy atom. The van der Waals surface area contributed by atoms with Gasteiger partial charge < -0.3 is 10.6 Å². The average Bonchev–Trinajstić information content (AvgIpc) is 2.36. The first kappa shape index (κ1) is 17.6.